The van der Waals surface area contributed by atoms with E-state index in [2.05, 4.69) is 10.2 Å². The second kappa shape index (κ2) is 8.88. The number of ether oxygens (including phenoxy) is 2. The van der Waals surface area contributed by atoms with Crippen LogP contribution >= 0.6 is 23.4 Å². The summed E-state index contributed by atoms with van der Waals surface area (Å²) in [6.45, 7) is 5.52. The van der Waals surface area contributed by atoms with Gasteiger partial charge in [-0.15, -0.1) is 10.2 Å². The summed E-state index contributed by atoms with van der Waals surface area (Å²) in [4.78, 5) is 12.2. The van der Waals surface area contributed by atoms with Crippen LogP contribution in [0.3, 0.4) is 0 Å². The van der Waals surface area contributed by atoms with Crippen molar-refractivity contribution in [1.82, 2.24) is 14.8 Å². The Bertz CT molecular complexity index is 997. The SMILES string of the molecule is COc1ccccc1-c1nnc(SCC(=O)OC(C)(C)C)n1-c1ccc(Cl)cc1. The summed E-state index contributed by atoms with van der Waals surface area (Å²) in [5.74, 6) is 1.09. The van der Waals surface area contributed by atoms with E-state index in [0.29, 0.717) is 21.8 Å². The van der Waals surface area contributed by atoms with Gasteiger partial charge in [0.2, 0.25) is 0 Å². The van der Waals surface area contributed by atoms with Gasteiger partial charge in [-0.05, 0) is 57.2 Å². The highest BCUT2D eigenvalue weighted by Gasteiger charge is 2.21. The topological polar surface area (TPSA) is 66.2 Å². The van der Waals surface area contributed by atoms with Crippen LogP contribution in [0.2, 0.25) is 5.02 Å². The number of methoxy groups -OCH3 is 1. The third kappa shape index (κ3) is 5.31. The maximum atomic E-state index is 12.2. The molecule has 0 atom stereocenters. The number of benzene rings is 2. The van der Waals surface area contributed by atoms with E-state index >= 15 is 0 Å². The smallest absolute Gasteiger partial charge is 0.316 e. The molecule has 0 saturated heterocycles. The second-order valence-electron chi connectivity index (χ2n) is 7.19. The Balaban J connectivity index is 2.00. The van der Waals surface area contributed by atoms with Gasteiger partial charge in [0.05, 0.1) is 18.4 Å². The zero-order chi connectivity index (χ0) is 21.0. The summed E-state index contributed by atoms with van der Waals surface area (Å²) in [6.07, 6.45) is 0. The predicted octanol–water partition coefficient (Wildman–Crippen LogP) is 5.03. The Labute approximate surface area is 179 Å². The Hall–Kier alpha value is -2.51. The maximum Gasteiger partial charge on any atom is 0.316 e. The average Bonchev–Trinajstić information content (AvgIpc) is 3.09. The van der Waals surface area contributed by atoms with Gasteiger partial charge in [0.1, 0.15) is 11.4 Å². The minimum absolute atomic E-state index is 0.120. The molecule has 0 aliphatic heterocycles. The van der Waals surface area contributed by atoms with Crippen molar-refractivity contribution < 1.29 is 14.3 Å². The second-order valence-corrected chi connectivity index (χ2v) is 8.57. The van der Waals surface area contributed by atoms with Crippen LogP contribution in [-0.4, -0.2) is 39.2 Å². The van der Waals surface area contributed by atoms with Crippen molar-refractivity contribution in [1.29, 1.82) is 0 Å². The third-order valence-corrected chi connectivity index (χ3v) is 4.96. The van der Waals surface area contributed by atoms with E-state index in [1.165, 1.54) is 11.8 Å². The molecule has 2 aromatic carbocycles. The number of hydrogen-bond donors (Lipinski definition) is 0. The lowest BCUT2D eigenvalue weighted by molar-refractivity contribution is -0.151. The molecule has 6 nitrogen and oxygen atoms in total. The standard InChI is InChI=1S/C21H22ClN3O3S/c1-21(2,3)28-18(26)13-29-20-24-23-19(16-7-5-6-8-17(16)27-4)25(20)15-11-9-14(22)10-12-15/h5-12H,13H2,1-4H3. The molecule has 0 bridgehead atoms. The highest BCUT2D eigenvalue weighted by molar-refractivity contribution is 7.99. The van der Waals surface area contributed by atoms with Crippen LogP contribution in [0, 0.1) is 0 Å². The summed E-state index contributed by atoms with van der Waals surface area (Å²) in [5.41, 5.74) is 1.08. The number of nitrogens with zero attached hydrogens (tertiary/aromatic N) is 3. The Kier molecular flexibility index (Phi) is 6.49. The molecule has 0 N–H and O–H groups in total. The van der Waals surface area contributed by atoms with Gasteiger partial charge < -0.3 is 9.47 Å². The Morgan fingerprint density at radius 2 is 1.79 bits per heavy atom. The maximum absolute atomic E-state index is 12.2. The summed E-state index contributed by atoms with van der Waals surface area (Å²) < 4.78 is 12.8. The monoisotopic (exact) mass is 431 g/mol. The molecular formula is C21H22ClN3O3S. The first kappa shape index (κ1) is 21.2. The fraction of sp³-hybridized carbons (Fsp3) is 0.286. The van der Waals surface area contributed by atoms with Crippen LogP contribution in [0.4, 0.5) is 0 Å². The molecule has 0 radical (unpaired) electrons. The summed E-state index contributed by atoms with van der Waals surface area (Å²) in [6, 6.07) is 14.9. The molecule has 0 unspecified atom stereocenters. The molecule has 0 aliphatic rings. The summed E-state index contributed by atoms with van der Waals surface area (Å²) in [7, 11) is 1.61. The van der Waals surface area contributed by atoms with Crippen LogP contribution in [0.15, 0.2) is 53.7 Å². The average molecular weight is 432 g/mol. The molecule has 1 aromatic heterocycles. The van der Waals surface area contributed by atoms with E-state index in [0.717, 1.165) is 11.3 Å². The largest absolute Gasteiger partial charge is 0.496 e. The molecule has 3 rings (SSSR count). The number of para-hydroxylation sites is 1. The molecule has 152 valence electrons. The first-order chi connectivity index (χ1) is 13.8. The molecule has 0 saturated carbocycles. The lowest BCUT2D eigenvalue weighted by Gasteiger charge is -2.19. The predicted molar refractivity (Wildman–Crippen MR) is 115 cm³/mol. The number of carbonyl (C=O) groups excluding carboxylic acids is 1. The highest BCUT2D eigenvalue weighted by atomic mass is 35.5. The zero-order valence-electron chi connectivity index (χ0n) is 16.7. The summed E-state index contributed by atoms with van der Waals surface area (Å²) >= 11 is 7.32. The summed E-state index contributed by atoms with van der Waals surface area (Å²) in [5, 5.41) is 9.89. The minimum atomic E-state index is -0.538. The van der Waals surface area contributed by atoms with Crippen LogP contribution in [-0.2, 0) is 9.53 Å². The van der Waals surface area contributed by atoms with Crippen LogP contribution in [0.1, 0.15) is 20.8 Å². The first-order valence-electron chi connectivity index (χ1n) is 8.98. The molecule has 29 heavy (non-hydrogen) atoms. The number of carbonyl (C=O) groups is 1. The van der Waals surface area contributed by atoms with Gasteiger partial charge >= 0.3 is 5.97 Å². The van der Waals surface area contributed by atoms with Gasteiger partial charge in [-0.25, -0.2) is 0 Å². The van der Waals surface area contributed by atoms with E-state index in [9.17, 15) is 4.79 Å². The fourth-order valence-corrected chi connectivity index (χ4v) is 3.54. The van der Waals surface area contributed by atoms with Crippen LogP contribution in [0.5, 0.6) is 5.75 Å². The molecule has 1 heterocycles. The van der Waals surface area contributed by atoms with Crippen molar-refractivity contribution in [2.75, 3.05) is 12.9 Å². The van der Waals surface area contributed by atoms with Crippen molar-refractivity contribution >= 4 is 29.3 Å². The molecule has 0 amide bonds. The van der Waals surface area contributed by atoms with E-state index in [-0.39, 0.29) is 11.7 Å². The van der Waals surface area contributed by atoms with Crippen molar-refractivity contribution in [3.8, 4) is 22.8 Å². The van der Waals surface area contributed by atoms with Crippen molar-refractivity contribution in [3.63, 3.8) is 0 Å². The molecule has 3 aromatic rings. The van der Waals surface area contributed by atoms with Gasteiger partial charge in [-0.2, -0.15) is 0 Å². The van der Waals surface area contributed by atoms with Gasteiger partial charge in [0.25, 0.3) is 0 Å². The van der Waals surface area contributed by atoms with E-state index in [4.69, 9.17) is 21.1 Å². The molecule has 0 fully saturated rings. The number of hydrogen-bond acceptors (Lipinski definition) is 6. The third-order valence-electron chi connectivity index (χ3n) is 3.81. The number of halogens is 1. The Morgan fingerprint density at radius 1 is 1.10 bits per heavy atom. The first-order valence-corrected chi connectivity index (χ1v) is 10.3. The molecule has 8 heteroatoms. The molecule has 0 aliphatic carbocycles. The number of rotatable bonds is 6. The zero-order valence-corrected chi connectivity index (χ0v) is 18.3. The quantitative estimate of drug-likeness (QED) is 0.403. The normalized spacial score (nSPS) is 11.3. The fourth-order valence-electron chi connectivity index (χ4n) is 2.68. The molecule has 0 spiro atoms. The lowest BCUT2D eigenvalue weighted by atomic mass is 10.2. The van der Waals surface area contributed by atoms with Gasteiger partial charge in [-0.1, -0.05) is 35.5 Å². The van der Waals surface area contributed by atoms with Crippen LogP contribution < -0.4 is 4.74 Å². The van der Waals surface area contributed by atoms with E-state index < -0.39 is 5.60 Å². The van der Waals surface area contributed by atoms with Gasteiger partial charge in [0.15, 0.2) is 11.0 Å². The van der Waals surface area contributed by atoms with Crippen molar-refractivity contribution in [2.24, 2.45) is 0 Å². The van der Waals surface area contributed by atoms with E-state index in [1.807, 2.05) is 61.7 Å². The van der Waals surface area contributed by atoms with Crippen molar-refractivity contribution in [2.45, 2.75) is 31.5 Å². The van der Waals surface area contributed by atoms with Crippen LogP contribution in [0.25, 0.3) is 17.1 Å². The van der Waals surface area contributed by atoms with Gasteiger partial charge in [-0.3, -0.25) is 9.36 Å². The molecular weight excluding hydrogens is 410 g/mol. The van der Waals surface area contributed by atoms with Gasteiger partial charge in [0, 0.05) is 10.7 Å². The minimum Gasteiger partial charge on any atom is -0.496 e. The highest BCUT2D eigenvalue weighted by Crippen LogP contribution is 2.33. The number of aromatic nitrogens is 3. The van der Waals surface area contributed by atoms with Crippen molar-refractivity contribution in [3.05, 3.63) is 53.6 Å². The Morgan fingerprint density at radius 3 is 2.45 bits per heavy atom. The lowest BCUT2D eigenvalue weighted by Crippen LogP contribution is -2.25. The number of thioether (sulfide) groups is 1. The number of esters is 1. The van der Waals surface area contributed by atoms with E-state index in [1.54, 1.807) is 19.2 Å².